The highest BCUT2D eigenvalue weighted by Crippen LogP contribution is 2.56. The maximum absolute atomic E-state index is 13.8. The Morgan fingerprint density at radius 2 is 1.64 bits per heavy atom. The van der Waals surface area contributed by atoms with Crippen molar-refractivity contribution in [3.05, 3.63) is 94.6 Å². The first-order valence-corrected chi connectivity index (χ1v) is 15.2. The van der Waals surface area contributed by atoms with Gasteiger partial charge in [0.15, 0.2) is 5.78 Å². The van der Waals surface area contributed by atoms with Crippen molar-refractivity contribution >= 4 is 16.9 Å². The van der Waals surface area contributed by atoms with Crippen LogP contribution >= 0.6 is 0 Å². The lowest BCUT2D eigenvalue weighted by atomic mass is 9.68. The molecule has 7 nitrogen and oxygen atoms in total. The first kappa shape index (κ1) is 28.7. The van der Waals surface area contributed by atoms with Gasteiger partial charge in [-0.05, 0) is 83.5 Å². The maximum atomic E-state index is 13.8. The van der Waals surface area contributed by atoms with Gasteiger partial charge in [0.2, 0.25) is 0 Å². The molecule has 3 aromatic carbocycles. The molecule has 0 spiro atoms. The molecule has 228 valence electrons. The Bertz CT molecular complexity index is 1710. The monoisotopic (exact) mass is 593 g/mol. The third-order valence-electron chi connectivity index (χ3n) is 10.3. The van der Waals surface area contributed by atoms with E-state index in [-0.39, 0.29) is 11.8 Å². The Hall–Kier alpha value is -4.07. The van der Waals surface area contributed by atoms with Crippen molar-refractivity contribution in [1.29, 1.82) is 0 Å². The van der Waals surface area contributed by atoms with Crippen LogP contribution in [0, 0.1) is 0 Å². The van der Waals surface area contributed by atoms with Crippen molar-refractivity contribution in [1.82, 2.24) is 4.90 Å². The summed E-state index contributed by atoms with van der Waals surface area (Å²) in [5.74, 6) is 3.26. The molecule has 4 atom stereocenters. The second-order valence-electron chi connectivity index (χ2n) is 12.3. The molecule has 0 saturated heterocycles. The number of ether oxygens (including phenoxy) is 5. The fourth-order valence-electron chi connectivity index (χ4n) is 8.09. The van der Waals surface area contributed by atoms with Gasteiger partial charge < -0.3 is 23.7 Å². The SMILES string of the molecule is COc1cccc([C@]23C=C4CN(CC[C@@]5(OC)CC=C(C(=O)C5)c5ccc(OC)cc54)[C@H]2Cc2cc(OC)cc(OC)c23)c1. The Morgan fingerprint density at radius 3 is 2.36 bits per heavy atom. The molecule has 8 rings (SSSR count). The average Bonchev–Trinajstić information content (AvgIpc) is 3.40. The van der Waals surface area contributed by atoms with E-state index in [9.17, 15) is 4.79 Å². The molecule has 0 N–H and O–H groups in total. The predicted octanol–water partition coefficient (Wildman–Crippen LogP) is 5.87. The minimum atomic E-state index is -0.568. The van der Waals surface area contributed by atoms with Crippen LogP contribution in [0.15, 0.2) is 66.7 Å². The van der Waals surface area contributed by atoms with Crippen molar-refractivity contribution in [3.63, 3.8) is 0 Å². The van der Waals surface area contributed by atoms with Crippen LogP contribution < -0.4 is 18.9 Å². The van der Waals surface area contributed by atoms with Crippen LogP contribution in [0.5, 0.6) is 23.0 Å². The molecule has 3 heterocycles. The molecule has 5 aliphatic rings. The summed E-state index contributed by atoms with van der Waals surface area (Å²) < 4.78 is 29.5. The Labute approximate surface area is 259 Å². The fourth-order valence-corrected chi connectivity index (χ4v) is 8.09. The summed E-state index contributed by atoms with van der Waals surface area (Å²) in [5.41, 5.74) is 6.23. The lowest BCUT2D eigenvalue weighted by molar-refractivity contribution is -0.121. The lowest BCUT2D eigenvalue weighted by Crippen LogP contribution is -2.53. The molecule has 3 aliphatic heterocycles. The van der Waals surface area contributed by atoms with Crippen LogP contribution in [0.2, 0.25) is 0 Å². The molecular formula is C37H39NO6. The van der Waals surface area contributed by atoms with E-state index in [1.807, 2.05) is 24.3 Å². The van der Waals surface area contributed by atoms with Crippen LogP contribution in [0.3, 0.4) is 0 Å². The Kier molecular flexibility index (Phi) is 7.06. The zero-order valence-corrected chi connectivity index (χ0v) is 26.1. The third kappa shape index (κ3) is 4.28. The highest BCUT2D eigenvalue weighted by molar-refractivity contribution is 6.22. The molecular weight excluding hydrogens is 554 g/mol. The Morgan fingerprint density at radius 1 is 0.841 bits per heavy atom. The van der Waals surface area contributed by atoms with Gasteiger partial charge in [0.25, 0.3) is 0 Å². The standard InChI is InChI=1S/C37H39NO6/c1-40-26-8-6-7-25(17-26)37-20-24-22-38(34(37)16-23-15-28(42-3)19-33(43-4)35(23)37)14-13-36(44-5)12-11-30(32(39)21-36)29-10-9-27(41-2)18-31(24)29/h6-11,15,17-20,34H,12-14,16,21-22H2,1-5H3/t34-,36-,37+/m0/s1. The summed E-state index contributed by atoms with van der Waals surface area (Å²) in [7, 11) is 8.57. The fraction of sp³-hybridized carbons (Fsp3) is 0.378. The van der Waals surface area contributed by atoms with Crippen molar-refractivity contribution in [2.45, 2.75) is 42.7 Å². The van der Waals surface area contributed by atoms with E-state index in [0.29, 0.717) is 12.8 Å². The maximum Gasteiger partial charge on any atom is 0.166 e. The number of carbonyl (C=O) groups is 1. The van der Waals surface area contributed by atoms with Gasteiger partial charge in [0.05, 0.1) is 39.5 Å². The quantitative estimate of drug-likeness (QED) is 0.354. The summed E-state index contributed by atoms with van der Waals surface area (Å²) in [6, 6.07) is 18.7. The minimum Gasteiger partial charge on any atom is -0.497 e. The summed E-state index contributed by atoms with van der Waals surface area (Å²) >= 11 is 0. The van der Waals surface area contributed by atoms with Crippen LogP contribution in [-0.2, 0) is 21.4 Å². The van der Waals surface area contributed by atoms with Gasteiger partial charge in [-0.2, -0.15) is 0 Å². The number of carbonyl (C=O) groups excluding carboxylic acids is 1. The van der Waals surface area contributed by atoms with E-state index < -0.39 is 11.0 Å². The van der Waals surface area contributed by atoms with Gasteiger partial charge in [-0.3, -0.25) is 9.69 Å². The van der Waals surface area contributed by atoms with Crippen molar-refractivity contribution in [3.8, 4) is 23.0 Å². The number of ketones is 1. The van der Waals surface area contributed by atoms with E-state index in [4.69, 9.17) is 23.7 Å². The van der Waals surface area contributed by atoms with E-state index in [0.717, 1.165) is 82.3 Å². The molecule has 0 fully saturated rings. The first-order chi connectivity index (χ1) is 21.4. The van der Waals surface area contributed by atoms with E-state index in [1.54, 1.807) is 35.5 Å². The average molecular weight is 594 g/mol. The molecule has 0 aromatic heterocycles. The summed E-state index contributed by atoms with van der Waals surface area (Å²) in [5, 5.41) is 0. The number of Topliss-reactive ketones (excluding diaryl/α,β-unsaturated/α-hetero) is 1. The van der Waals surface area contributed by atoms with E-state index >= 15 is 0 Å². The smallest absolute Gasteiger partial charge is 0.166 e. The highest BCUT2D eigenvalue weighted by atomic mass is 16.5. The molecule has 0 radical (unpaired) electrons. The number of allylic oxidation sites excluding steroid dienone is 1. The summed E-state index contributed by atoms with van der Waals surface area (Å²) in [4.78, 5) is 16.4. The number of benzene rings is 3. The van der Waals surface area contributed by atoms with Crippen LogP contribution in [-0.4, -0.2) is 71.0 Å². The number of nitrogens with zero attached hydrogens (tertiary/aromatic N) is 1. The molecule has 3 aromatic rings. The Balaban J connectivity index is 1.57. The van der Waals surface area contributed by atoms with Crippen LogP contribution in [0.25, 0.3) is 11.1 Å². The van der Waals surface area contributed by atoms with Gasteiger partial charge >= 0.3 is 0 Å². The molecule has 0 amide bonds. The number of rotatable bonds is 6. The molecule has 0 saturated carbocycles. The number of hydrogen-bond acceptors (Lipinski definition) is 7. The minimum absolute atomic E-state index is 0.0858. The number of methoxy groups -OCH3 is 5. The third-order valence-corrected chi connectivity index (χ3v) is 10.3. The van der Waals surface area contributed by atoms with Crippen LogP contribution in [0.1, 0.15) is 47.1 Å². The number of hydrogen-bond donors (Lipinski definition) is 0. The van der Waals surface area contributed by atoms with Gasteiger partial charge in [-0.25, -0.2) is 0 Å². The topological polar surface area (TPSA) is 66.5 Å². The second-order valence-corrected chi connectivity index (χ2v) is 12.3. The normalized spacial score (nSPS) is 26.8. The molecule has 2 aliphatic carbocycles. The van der Waals surface area contributed by atoms with E-state index in [2.05, 4.69) is 47.4 Å². The molecule has 7 heteroatoms. The molecule has 1 unspecified atom stereocenters. The predicted molar refractivity (Wildman–Crippen MR) is 170 cm³/mol. The lowest BCUT2D eigenvalue weighted by Gasteiger charge is -2.47. The highest BCUT2D eigenvalue weighted by Gasteiger charge is 2.54. The van der Waals surface area contributed by atoms with Gasteiger partial charge in [-0.1, -0.05) is 24.3 Å². The zero-order chi connectivity index (χ0) is 30.6. The van der Waals surface area contributed by atoms with Crippen LogP contribution in [0.4, 0.5) is 0 Å². The summed E-state index contributed by atoms with van der Waals surface area (Å²) in [6.45, 7) is 1.50. The second kappa shape index (κ2) is 10.8. The summed E-state index contributed by atoms with van der Waals surface area (Å²) in [6.07, 6.45) is 7.15. The molecule has 44 heavy (non-hydrogen) atoms. The first-order valence-electron chi connectivity index (χ1n) is 15.2. The van der Waals surface area contributed by atoms with Gasteiger partial charge in [0.1, 0.15) is 23.0 Å². The molecule has 4 bridgehead atoms. The van der Waals surface area contributed by atoms with Crippen molar-refractivity contribution in [2.75, 3.05) is 48.6 Å². The largest absolute Gasteiger partial charge is 0.497 e. The number of fused-ring (bicyclic) bond motifs is 6. The van der Waals surface area contributed by atoms with Gasteiger partial charge in [-0.15, -0.1) is 0 Å². The van der Waals surface area contributed by atoms with Crippen molar-refractivity contribution in [2.24, 2.45) is 0 Å². The van der Waals surface area contributed by atoms with E-state index in [1.165, 1.54) is 5.56 Å². The van der Waals surface area contributed by atoms with Gasteiger partial charge in [0, 0.05) is 49.9 Å². The zero-order valence-electron chi connectivity index (χ0n) is 26.1. The van der Waals surface area contributed by atoms with Crippen molar-refractivity contribution < 1.29 is 28.5 Å².